The zero-order chi connectivity index (χ0) is 17.4. The van der Waals surface area contributed by atoms with Crippen LogP contribution in [0.2, 0.25) is 0 Å². The van der Waals surface area contributed by atoms with Crippen LogP contribution in [0.25, 0.3) is 10.9 Å². The first-order valence-electron chi connectivity index (χ1n) is 7.51. The summed E-state index contributed by atoms with van der Waals surface area (Å²) < 4.78 is 11.0. The Bertz CT molecular complexity index is 992. The lowest BCUT2D eigenvalue weighted by molar-refractivity contribution is 0.0995. The van der Waals surface area contributed by atoms with Gasteiger partial charge in [-0.15, -0.1) is 10.2 Å². The molecular weight excluding hydrogens is 326 g/mol. The zero-order valence-corrected chi connectivity index (χ0v) is 12.9. The SMILES string of the molecule is O=C(N=Nc1c(O)[nH]c2cc3c(cc12)OCCO3)c1ccc(O)cc1. The first-order valence-corrected chi connectivity index (χ1v) is 7.51. The molecule has 126 valence electrons. The molecule has 2 heterocycles. The predicted octanol–water partition coefficient (Wildman–Crippen LogP) is 3.27. The number of nitrogens with zero attached hydrogens (tertiary/aromatic N) is 2. The van der Waals surface area contributed by atoms with Crippen molar-refractivity contribution in [2.24, 2.45) is 10.2 Å². The molecule has 1 aliphatic rings. The van der Waals surface area contributed by atoms with E-state index in [1.165, 1.54) is 24.3 Å². The first kappa shape index (κ1) is 15.0. The summed E-state index contributed by atoms with van der Waals surface area (Å²) in [7, 11) is 0. The summed E-state index contributed by atoms with van der Waals surface area (Å²) in [6.07, 6.45) is 0. The molecule has 4 rings (SSSR count). The Labute approximate surface area is 141 Å². The van der Waals surface area contributed by atoms with Crippen LogP contribution < -0.4 is 9.47 Å². The summed E-state index contributed by atoms with van der Waals surface area (Å²) in [6, 6.07) is 9.02. The molecule has 1 aliphatic heterocycles. The molecule has 3 aromatic rings. The highest BCUT2D eigenvalue weighted by Gasteiger charge is 2.18. The van der Waals surface area contributed by atoms with Crippen molar-refractivity contribution in [2.45, 2.75) is 0 Å². The van der Waals surface area contributed by atoms with Gasteiger partial charge in [-0.05, 0) is 30.3 Å². The topological polar surface area (TPSA) is 117 Å². The van der Waals surface area contributed by atoms with Gasteiger partial charge < -0.3 is 24.7 Å². The number of amides is 1. The summed E-state index contributed by atoms with van der Waals surface area (Å²) in [6.45, 7) is 0.893. The minimum absolute atomic E-state index is 0.0507. The maximum atomic E-state index is 12.1. The van der Waals surface area contributed by atoms with Crippen LogP contribution in [0.3, 0.4) is 0 Å². The Morgan fingerprint density at radius 1 is 1.04 bits per heavy atom. The third kappa shape index (κ3) is 2.74. The van der Waals surface area contributed by atoms with Crippen molar-refractivity contribution in [3.63, 3.8) is 0 Å². The van der Waals surface area contributed by atoms with Gasteiger partial charge in [0.05, 0.1) is 5.52 Å². The molecular formula is C17H13N3O5. The van der Waals surface area contributed by atoms with Crippen LogP contribution in [0.15, 0.2) is 46.6 Å². The number of nitrogens with one attached hydrogen (secondary N) is 1. The Morgan fingerprint density at radius 3 is 2.44 bits per heavy atom. The number of fused-ring (bicyclic) bond motifs is 2. The van der Waals surface area contributed by atoms with Gasteiger partial charge in [-0.1, -0.05) is 0 Å². The van der Waals surface area contributed by atoms with Crippen LogP contribution in [0.1, 0.15) is 10.4 Å². The molecule has 3 N–H and O–H groups in total. The van der Waals surface area contributed by atoms with E-state index in [1.54, 1.807) is 12.1 Å². The van der Waals surface area contributed by atoms with Gasteiger partial charge in [0.25, 0.3) is 5.91 Å². The highest BCUT2D eigenvalue weighted by molar-refractivity contribution is 5.98. The number of carbonyl (C=O) groups is 1. The molecule has 25 heavy (non-hydrogen) atoms. The highest BCUT2D eigenvalue weighted by atomic mass is 16.6. The van der Waals surface area contributed by atoms with Crippen molar-refractivity contribution in [3.8, 4) is 23.1 Å². The summed E-state index contributed by atoms with van der Waals surface area (Å²) in [5, 5.41) is 27.4. The zero-order valence-electron chi connectivity index (χ0n) is 12.9. The van der Waals surface area contributed by atoms with Crippen LogP contribution in [0.4, 0.5) is 5.69 Å². The minimum atomic E-state index is -0.591. The lowest BCUT2D eigenvalue weighted by Gasteiger charge is -2.17. The number of carbonyl (C=O) groups excluding carboxylic acids is 1. The van der Waals surface area contributed by atoms with Crippen molar-refractivity contribution in [2.75, 3.05) is 13.2 Å². The average molecular weight is 339 g/mol. The average Bonchev–Trinajstić information content (AvgIpc) is 2.92. The fourth-order valence-electron chi connectivity index (χ4n) is 2.56. The van der Waals surface area contributed by atoms with Crippen LogP contribution in [-0.4, -0.2) is 34.3 Å². The van der Waals surface area contributed by atoms with E-state index in [1.807, 2.05) is 0 Å². The Hall–Kier alpha value is -3.55. The molecule has 2 aromatic carbocycles. The largest absolute Gasteiger partial charge is 0.508 e. The Balaban J connectivity index is 1.69. The fourth-order valence-corrected chi connectivity index (χ4v) is 2.56. The number of aromatic hydroxyl groups is 2. The van der Waals surface area contributed by atoms with Crippen molar-refractivity contribution in [3.05, 3.63) is 42.0 Å². The number of H-pyrrole nitrogens is 1. The number of azo groups is 1. The molecule has 0 radical (unpaired) electrons. The second kappa shape index (κ2) is 5.82. The van der Waals surface area contributed by atoms with E-state index in [9.17, 15) is 15.0 Å². The Kier molecular flexibility index (Phi) is 3.50. The number of phenols is 1. The molecule has 0 saturated carbocycles. The monoisotopic (exact) mass is 339 g/mol. The van der Waals surface area contributed by atoms with Gasteiger partial charge in [0.1, 0.15) is 19.0 Å². The van der Waals surface area contributed by atoms with E-state index >= 15 is 0 Å². The van der Waals surface area contributed by atoms with Gasteiger partial charge in [0, 0.05) is 17.0 Å². The number of phenolic OH excluding ortho intramolecular Hbond substituents is 1. The van der Waals surface area contributed by atoms with Gasteiger partial charge in [0.2, 0.25) is 5.88 Å². The minimum Gasteiger partial charge on any atom is -0.508 e. The molecule has 0 saturated heterocycles. The smallest absolute Gasteiger partial charge is 0.295 e. The molecule has 1 aromatic heterocycles. The highest BCUT2D eigenvalue weighted by Crippen LogP contribution is 2.42. The van der Waals surface area contributed by atoms with Gasteiger partial charge in [-0.2, -0.15) is 0 Å². The second-order valence-corrected chi connectivity index (χ2v) is 5.42. The summed E-state index contributed by atoms with van der Waals surface area (Å²) >= 11 is 0. The number of benzene rings is 2. The van der Waals surface area contributed by atoms with Crippen LogP contribution in [-0.2, 0) is 0 Å². The number of hydrogen-bond acceptors (Lipinski definition) is 6. The normalized spacial score (nSPS) is 13.4. The quantitative estimate of drug-likeness (QED) is 0.620. The number of rotatable bonds is 2. The molecule has 0 bridgehead atoms. The molecule has 8 heteroatoms. The van der Waals surface area contributed by atoms with Gasteiger partial charge in [-0.3, -0.25) is 4.79 Å². The van der Waals surface area contributed by atoms with E-state index in [-0.39, 0.29) is 22.9 Å². The molecule has 0 unspecified atom stereocenters. The lowest BCUT2D eigenvalue weighted by atomic mass is 10.2. The number of ether oxygens (including phenoxy) is 2. The maximum absolute atomic E-state index is 12.1. The van der Waals surface area contributed by atoms with E-state index in [0.717, 1.165) is 0 Å². The lowest BCUT2D eigenvalue weighted by Crippen LogP contribution is -2.15. The Morgan fingerprint density at radius 2 is 1.72 bits per heavy atom. The van der Waals surface area contributed by atoms with Gasteiger partial charge in [-0.25, -0.2) is 0 Å². The third-order valence-corrected chi connectivity index (χ3v) is 3.77. The van der Waals surface area contributed by atoms with E-state index < -0.39 is 5.91 Å². The van der Waals surface area contributed by atoms with E-state index in [4.69, 9.17) is 9.47 Å². The van der Waals surface area contributed by atoms with E-state index in [2.05, 4.69) is 15.2 Å². The molecule has 1 amide bonds. The van der Waals surface area contributed by atoms with Gasteiger partial charge in [0.15, 0.2) is 17.2 Å². The summed E-state index contributed by atoms with van der Waals surface area (Å²) in [5.41, 5.74) is 1.00. The number of aromatic amines is 1. The van der Waals surface area contributed by atoms with Crippen molar-refractivity contribution in [1.82, 2.24) is 4.98 Å². The summed E-state index contributed by atoms with van der Waals surface area (Å²) in [5.74, 6) is 0.364. The van der Waals surface area contributed by atoms with Crippen molar-refractivity contribution < 1.29 is 24.5 Å². The second-order valence-electron chi connectivity index (χ2n) is 5.42. The maximum Gasteiger partial charge on any atom is 0.295 e. The van der Waals surface area contributed by atoms with Crippen molar-refractivity contribution in [1.29, 1.82) is 0 Å². The van der Waals surface area contributed by atoms with Crippen LogP contribution in [0.5, 0.6) is 23.1 Å². The fraction of sp³-hybridized carbons (Fsp3) is 0.118. The number of aromatic nitrogens is 1. The van der Waals surface area contributed by atoms with Crippen molar-refractivity contribution >= 4 is 22.5 Å². The number of hydrogen-bond donors (Lipinski definition) is 3. The van der Waals surface area contributed by atoms with Crippen LogP contribution >= 0.6 is 0 Å². The molecule has 0 fully saturated rings. The molecule has 0 atom stereocenters. The molecule has 0 aliphatic carbocycles. The van der Waals surface area contributed by atoms with Crippen LogP contribution in [0, 0.1) is 0 Å². The van der Waals surface area contributed by atoms with Gasteiger partial charge >= 0.3 is 0 Å². The predicted molar refractivity (Wildman–Crippen MR) is 87.9 cm³/mol. The standard InChI is InChI=1S/C17H13N3O5/c21-10-3-1-9(2-4-10)16(22)20-19-15-11-7-13-14(25-6-5-24-13)8-12(11)18-17(15)23/h1-4,7-8,18,21,23H,5-6H2. The molecule has 0 spiro atoms. The molecule has 8 nitrogen and oxygen atoms in total. The van der Waals surface area contributed by atoms with E-state index in [0.29, 0.717) is 35.6 Å². The third-order valence-electron chi connectivity index (χ3n) is 3.77. The first-order chi connectivity index (χ1) is 12.1. The summed E-state index contributed by atoms with van der Waals surface area (Å²) in [4.78, 5) is 14.8.